The van der Waals surface area contributed by atoms with Gasteiger partial charge in [0.1, 0.15) is 5.60 Å². The van der Waals surface area contributed by atoms with E-state index in [2.05, 4.69) is 4.18 Å². The van der Waals surface area contributed by atoms with Crippen LogP contribution in [0.25, 0.3) is 0 Å². The lowest BCUT2D eigenvalue weighted by atomic mass is 10.0. The Morgan fingerprint density at radius 2 is 2.00 bits per heavy atom. The molecule has 1 rings (SSSR count). The van der Waals surface area contributed by atoms with Gasteiger partial charge in [0.15, 0.2) is 0 Å². The summed E-state index contributed by atoms with van der Waals surface area (Å²) in [5, 5.41) is 4.79. The second kappa shape index (κ2) is 6.06. The first-order valence-electron chi connectivity index (χ1n) is 6.25. The molecule has 8 heteroatoms. The number of carbonyl (C=O) groups is 1. The molecule has 1 aliphatic heterocycles. The fraction of sp³-hybridized carbons (Fsp3) is 0.909. The normalized spacial score (nSPS) is 21.3. The lowest BCUT2D eigenvalue weighted by molar-refractivity contribution is 0.00387. The van der Waals surface area contributed by atoms with E-state index in [9.17, 15) is 13.2 Å². The van der Waals surface area contributed by atoms with Gasteiger partial charge in [-0.3, -0.25) is 4.18 Å². The fourth-order valence-corrected chi connectivity index (χ4v) is 2.25. The molecule has 1 heterocycles. The quantitative estimate of drug-likeness (QED) is 0.837. The Labute approximate surface area is 114 Å². The van der Waals surface area contributed by atoms with Gasteiger partial charge in [-0.15, -0.1) is 0 Å². The maximum Gasteiger partial charge on any atom is 0.410 e. The van der Waals surface area contributed by atoms with Crippen molar-refractivity contribution in [1.29, 1.82) is 0 Å². The lowest BCUT2D eigenvalue weighted by Crippen LogP contribution is -2.48. The molecule has 0 aromatic rings. The average molecular weight is 294 g/mol. The maximum atomic E-state index is 12.0. The van der Waals surface area contributed by atoms with Crippen LogP contribution in [0.15, 0.2) is 0 Å². The van der Waals surface area contributed by atoms with Gasteiger partial charge in [0.2, 0.25) is 0 Å². The summed E-state index contributed by atoms with van der Waals surface area (Å²) < 4.78 is 31.5. The molecule has 0 saturated carbocycles. The van der Waals surface area contributed by atoms with Crippen LogP contribution in [0, 0.1) is 0 Å². The number of likely N-dealkylation sites (tertiary alicyclic amines) is 1. The van der Waals surface area contributed by atoms with Crippen molar-refractivity contribution in [2.24, 2.45) is 5.14 Å². The zero-order valence-corrected chi connectivity index (χ0v) is 12.4. The minimum absolute atomic E-state index is 0.127. The molecule has 1 fully saturated rings. The maximum absolute atomic E-state index is 12.0. The number of hydrogen-bond donors (Lipinski definition) is 1. The number of rotatable bonds is 3. The van der Waals surface area contributed by atoms with Crippen LogP contribution in [-0.2, 0) is 19.2 Å². The Morgan fingerprint density at radius 1 is 1.37 bits per heavy atom. The van der Waals surface area contributed by atoms with Gasteiger partial charge in [-0.05, 0) is 40.0 Å². The molecule has 0 aromatic heterocycles. The monoisotopic (exact) mass is 294 g/mol. The third kappa shape index (κ3) is 6.22. The predicted molar refractivity (Wildman–Crippen MR) is 69.6 cm³/mol. The summed E-state index contributed by atoms with van der Waals surface area (Å²) in [5.41, 5.74) is -0.583. The molecule has 0 bridgehead atoms. The number of nitrogens with zero attached hydrogens (tertiary/aromatic N) is 1. The predicted octanol–water partition coefficient (Wildman–Crippen LogP) is 0.996. The van der Waals surface area contributed by atoms with Crippen LogP contribution in [0.1, 0.15) is 40.0 Å². The Kier molecular flexibility index (Phi) is 5.17. The van der Waals surface area contributed by atoms with Crippen molar-refractivity contribution in [3.8, 4) is 0 Å². The molecule has 112 valence electrons. The van der Waals surface area contributed by atoms with Gasteiger partial charge in [-0.1, -0.05) is 0 Å². The first-order chi connectivity index (χ1) is 8.58. The van der Waals surface area contributed by atoms with Crippen molar-refractivity contribution < 1.29 is 22.1 Å². The summed E-state index contributed by atoms with van der Waals surface area (Å²) in [6, 6.07) is -0.318. The van der Waals surface area contributed by atoms with Crippen LogP contribution in [0.3, 0.4) is 0 Å². The van der Waals surface area contributed by atoms with Crippen molar-refractivity contribution >= 4 is 16.4 Å². The van der Waals surface area contributed by atoms with E-state index in [0.29, 0.717) is 13.0 Å². The number of carbonyl (C=O) groups excluding carboxylic acids is 1. The van der Waals surface area contributed by atoms with Crippen molar-refractivity contribution in [3.05, 3.63) is 0 Å². The Bertz CT molecular complexity index is 415. The molecule has 1 amide bonds. The second-order valence-corrected chi connectivity index (χ2v) is 6.82. The lowest BCUT2D eigenvalue weighted by Gasteiger charge is -2.36. The molecule has 0 aromatic carbocycles. The smallest absolute Gasteiger partial charge is 0.410 e. The van der Waals surface area contributed by atoms with Gasteiger partial charge in [0.25, 0.3) is 0 Å². The van der Waals surface area contributed by atoms with Gasteiger partial charge in [-0.25, -0.2) is 9.93 Å². The average Bonchev–Trinajstić information content (AvgIpc) is 2.23. The number of hydrogen-bond acceptors (Lipinski definition) is 5. The van der Waals surface area contributed by atoms with E-state index >= 15 is 0 Å². The van der Waals surface area contributed by atoms with Gasteiger partial charge in [0, 0.05) is 6.54 Å². The van der Waals surface area contributed by atoms with Crippen LogP contribution in [0.2, 0.25) is 0 Å². The zero-order valence-electron chi connectivity index (χ0n) is 11.6. The minimum atomic E-state index is -3.99. The zero-order chi connectivity index (χ0) is 14.7. The number of amides is 1. The van der Waals surface area contributed by atoms with Crippen LogP contribution in [0.4, 0.5) is 4.79 Å². The van der Waals surface area contributed by atoms with Crippen LogP contribution >= 0.6 is 0 Å². The van der Waals surface area contributed by atoms with Gasteiger partial charge >= 0.3 is 16.4 Å². The van der Waals surface area contributed by atoms with Gasteiger partial charge in [0.05, 0.1) is 12.6 Å². The molecular formula is C11H22N2O5S. The Hall–Kier alpha value is -0.860. The molecule has 19 heavy (non-hydrogen) atoms. The largest absolute Gasteiger partial charge is 0.444 e. The topological polar surface area (TPSA) is 98.9 Å². The molecule has 1 unspecified atom stereocenters. The summed E-state index contributed by atoms with van der Waals surface area (Å²) in [4.78, 5) is 13.5. The highest BCUT2D eigenvalue weighted by molar-refractivity contribution is 7.84. The minimum Gasteiger partial charge on any atom is -0.444 e. The molecule has 0 aliphatic carbocycles. The van der Waals surface area contributed by atoms with Crippen LogP contribution in [-0.4, -0.2) is 44.2 Å². The third-order valence-electron chi connectivity index (χ3n) is 2.68. The number of piperidine rings is 1. The second-order valence-electron chi connectivity index (χ2n) is 5.60. The molecule has 0 spiro atoms. The summed E-state index contributed by atoms with van der Waals surface area (Å²) in [7, 11) is -3.99. The van der Waals surface area contributed by atoms with Crippen LogP contribution < -0.4 is 5.14 Å². The molecule has 7 nitrogen and oxygen atoms in total. The van der Waals surface area contributed by atoms with E-state index in [0.717, 1.165) is 12.8 Å². The van der Waals surface area contributed by atoms with Gasteiger partial charge < -0.3 is 9.64 Å². The molecular weight excluding hydrogens is 272 g/mol. The highest BCUT2D eigenvalue weighted by Crippen LogP contribution is 2.20. The molecule has 1 saturated heterocycles. The van der Waals surface area contributed by atoms with Crippen LogP contribution in [0.5, 0.6) is 0 Å². The van der Waals surface area contributed by atoms with E-state index in [1.165, 1.54) is 4.90 Å². The van der Waals surface area contributed by atoms with Gasteiger partial charge in [-0.2, -0.15) is 8.42 Å². The standard InChI is InChI=1S/C11H22N2O5S/c1-11(2,3)18-10(14)13-7-5-4-6-9(13)8-17-19(12,15)16/h9H,4-8H2,1-3H3,(H2,12,15,16). The van der Waals surface area contributed by atoms with Crippen molar-refractivity contribution in [2.45, 2.75) is 51.7 Å². The first kappa shape index (κ1) is 16.2. The molecule has 0 radical (unpaired) electrons. The number of ether oxygens (including phenoxy) is 1. The first-order valence-corrected chi connectivity index (χ1v) is 7.72. The Balaban J connectivity index is 2.64. The summed E-state index contributed by atoms with van der Waals surface area (Å²) >= 11 is 0. The van der Waals surface area contributed by atoms with E-state index in [4.69, 9.17) is 9.88 Å². The highest BCUT2D eigenvalue weighted by Gasteiger charge is 2.31. The SMILES string of the molecule is CC(C)(C)OC(=O)N1CCCCC1COS(N)(=O)=O. The summed E-state index contributed by atoms with van der Waals surface area (Å²) in [5.74, 6) is 0. The van der Waals surface area contributed by atoms with E-state index < -0.39 is 22.0 Å². The van der Waals surface area contributed by atoms with Crippen molar-refractivity contribution in [2.75, 3.05) is 13.2 Å². The summed E-state index contributed by atoms with van der Waals surface area (Å²) in [6.45, 7) is 5.76. The van der Waals surface area contributed by atoms with E-state index in [1.807, 2.05) is 0 Å². The highest BCUT2D eigenvalue weighted by atomic mass is 32.2. The molecule has 1 aliphatic rings. The van der Waals surface area contributed by atoms with E-state index in [-0.39, 0.29) is 12.6 Å². The van der Waals surface area contributed by atoms with Crippen molar-refractivity contribution in [1.82, 2.24) is 4.90 Å². The fourth-order valence-electron chi connectivity index (χ4n) is 1.91. The summed E-state index contributed by atoms with van der Waals surface area (Å²) in [6.07, 6.45) is 2.01. The molecule has 1 atom stereocenters. The van der Waals surface area contributed by atoms with E-state index in [1.54, 1.807) is 20.8 Å². The Morgan fingerprint density at radius 3 is 2.53 bits per heavy atom. The number of nitrogens with two attached hydrogens (primary N) is 1. The van der Waals surface area contributed by atoms with Crippen molar-refractivity contribution in [3.63, 3.8) is 0 Å². The third-order valence-corrected chi connectivity index (χ3v) is 3.14. The molecule has 2 N–H and O–H groups in total.